The Balaban J connectivity index is 1.73. The topological polar surface area (TPSA) is 75.7 Å². The number of benzene rings is 2. The van der Waals surface area contributed by atoms with Crippen LogP contribution >= 0.6 is 11.3 Å². The first-order chi connectivity index (χ1) is 13.9. The fraction of sp³-hybridized carbons (Fsp3) is 0.190. The summed E-state index contributed by atoms with van der Waals surface area (Å²) in [5.41, 5.74) is 0.803. The average molecular weight is 431 g/mol. The molecule has 0 atom stereocenters. The number of nitrogens with zero attached hydrogens (tertiary/aromatic N) is 1. The molecule has 0 bridgehead atoms. The van der Waals surface area contributed by atoms with Crippen LogP contribution in [0.4, 0.5) is 5.69 Å². The molecule has 0 aliphatic rings. The number of amides is 1. The molecule has 8 heteroatoms. The average Bonchev–Trinajstić information content (AvgIpc) is 3.27. The van der Waals surface area contributed by atoms with Crippen molar-refractivity contribution in [3.63, 3.8) is 0 Å². The molecule has 0 saturated carbocycles. The van der Waals surface area contributed by atoms with Crippen LogP contribution in [0.25, 0.3) is 0 Å². The van der Waals surface area contributed by atoms with E-state index in [4.69, 9.17) is 4.74 Å². The van der Waals surface area contributed by atoms with Gasteiger partial charge in [-0.05, 0) is 60.3 Å². The van der Waals surface area contributed by atoms with E-state index in [-0.39, 0.29) is 10.8 Å². The van der Waals surface area contributed by atoms with E-state index in [1.165, 1.54) is 28.4 Å². The van der Waals surface area contributed by atoms with Crippen molar-refractivity contribution in [2.75, 3.05) is 25.0 Å². The van der Waals surface area contributed by atoms with Gasteiger partial charge in [-0.25, -0.2) is 8.42 Å². The molecule has 0 saturated heterocycles. The maximum atomic E-state index is 13.0. The summed E-state index contributed by atoms with van der Waals surface area (Å²) < 4.78 is 32.3. The SMILES string of the molecule is COc1ccc(N(C)S(=O)(=O)c2cccc(C(=O)NCCc3cccs3)c2)cc1. The number of carbonyl (C=O) groups is 1. The van der Waals surface area contributed by atoms with Gasteiger partial charge in [0.1, 0.15) is 5.75 Å². The number of rotatable bonds is 8. The molecule has 2 aromatic carbocycles. The molecule has 0 aliphatic carbocycles. The number of nitrogens with one attached hydrogen (secondary N) is 1. The van der Waals surface area contributed by atoms with Crippen molar-refractivity contribution in [1.29, 1.82) is 0 Å². The Morgan fingerprint density at radius 2 is 1.86 bits per heavy atom. The molecule has 0 radical (unpaired) electrons. The Kier molecular flexibility index (Phi) is 6.56. The highest BCUT2D eigenvalue weighted by Gasteiger charge is 2.22. The van der Waals surface area contributed by atoms with Crippen molar-refractivity contribution >= 4 is 33.0 Å². The van der Waals surface area contributed by atoms with E-state index in [2.05, 4.69) is 5.32 Å². The van der Waals surface area contributed by atoms with Gasteiger partial charge in [0.25, 0.3) is 15.9 Å². The van der Waals surface area contributed by atoms with Crippen LogP contribution in [0.5, 0.6) is 5.75 Å². The fourth-order valence-electron chi connectivity index (χ4n) is 2.74. The van der Waals surface area contributed by atoms with Crippen molar-refractivity contribution in [2.45, 2.75) is 11.3 Å². The van der Waals surface area contributed by atoms with Crippen molar-refractivity contribution in [2.24, 2.45) is 0 Å². The zero-order chi connectivity index (χ0) is 20.9. The van der Waals surface area contributed by atoms with Crippen molar-refractivity contribution < 1.29 is 17.9 Å². The molecule has 29 heavy (non-hydrogen) atoms. The van der Waals surface area contributed by atoms with Crippen LogP contribution in [0.2, 0.25) is 0 Å². The second-order valence-corrected chi connectivity index (χ2v) is 9.29. The van der Waals surface area contributed by atoms with Gasteiger partial charge in [-0.15, -0.1) is 11.3 Å². The number of thiophene rings is 1. The highest BCUT2D eigenvalue weighted by Crippen LogP contribution is 2.24. The zero-order valence-electron chi connectivity index (χ0n) is 16.2. The largest absolute Gasteiger partial charge is 0.497 e. The smallest absolute Gasteiger partial charge is 0.264 e. The summed E-state index contributed by atoms with van der Waals surface area (Å²) in [4.78, 5) is 13.7. The van der Waals surface area contributed by atoms with Gasteiger partial charge in [0, 0.05) is 24.0 Å². The van der Waals surface area contributed by atoms with Gasteiger partial charge in [-0.1, -0.05) is 12.1 Å². The van der Waals surface area contributed by atoms with Gasteiger partial charge in [-0.2, -0.15) is 0 Å². The summed E-state index contributed by atoms with van der Waals surface area (Å²) >= 11 is 1.64. The van der Waals surface area contributed by atoms with Crippen LogP contribution < -0.4 is 14.4 Å². The lowest BCUT2D eigenvalue weighted by molar-refractivity contribution is 0.0954. The highest BCUT2D eigenvalue weighted by molar-refractivity contribution is 7.92. The molecule has 152 valence electrons. The number of hydrogen-bond donors (Lipinski definition) is 1. The van der Waals surface area contributed by atoms with Gasteiger partial charge < -0.3 is 10.1 Å². The number of sulfonamides is 1. The molecule has 3 rings (SSSR count). The quantitative estimate of drug-likeness (QED) is 0.593. The molecule has 0 fully saturated rings. The van der Waals surface area contributed by atoms with Crippen LogP contribution in [-0.2, 0) is 16.4 Å². The summed E-state index contributed by atoms with van der Waals surface area (Å²) in [6.07, 6.45) is 0.738. The van der Waals surface area contributed by atoms with Crippen LogP contribution in [0, 0.1) is 0 Å². The normalized spacial score (nSPS) is 11.1. The predicted octanol–water partition coefficient (Wildman–Crippen LogP) is 3.55. The van der Waals surface area contributed by atoms with Gasteiger partial charge >= 0.3 is 0 Å². The molecule has 0 aliphatic heterocycles. The Bertz CT molecular complexity index is 1060. The fourth-order valence-corrected chi connectivity index (χ4v) is 4.69. The molecule has 1 amide bonds. The third kappa shape index (κ3) is 4.96. The maximum absolute atomic E-state index is 13.0. The molecule has 1 heterocycles. The lowest BCUT2D eigenvalue weighted by atomic mass is 10.2. The zero-order valence-corrected chi connectivity index (χ0v) is 17.8. The first kappa shape index (κ1) is 20.9. The van der Waals surface area contributed by atoms with E-state index in [0.29, 0.717) is 23.5 Å². The second-order valence-electron chi connectivity index (χ2n) is 6.28. The van der Waals surface area contributed by atoms with Gasteiger partial charge in [-0.3, -0.25) is 9.10 Å². The van der Waals surface area contributed by atoms with Crippen LogP contribution in [0.3, 0.4) is 0 Å². The number of anilines is 1. The van der Waals surface area contributed by atoms with Gasteiger partial charge in [0.05, 0.1) is 17.7 Å². The van der Waals surface area contributed by atoms with Gasteiger partial charge in [0.2, 0.25) is 0 Å². The first-order valence-corrected chi connectivity index (χ1v) is 11.3. The number of ether oxygens (including phenoxy) is 1. The number of carbonyl (C=O) groups excluding carboxylic acids is 1. The third-order valence-corrected chi connectivity index (χ3v) is 7.15. The summed E-state index contributed by atoms with van der Waals surface area (Å²) in [5.74, 6) is 0.339. The summed E-state index contributed by atoms with van der Waals surface area (Å²) in [6.45, 7) is 0.488. The van der Waals surface area contributed by atoms with Crippen LogP contribution in [0.1, 0.15) is 15.2 Å². The van der Waals surface area contributed by atoms with E-state index in [0.717, 1.165) is 6.42 Å². The molecule has 0 unspecified atom stereocenters. The maximum Gasteiger partial charge on any atom is 0.264 e. The number of hydrogen-bond acceptors (Lipinski definition) is 5. The van der Waals surface area contributed by atoms with E-state index in [1.54, 1.807) is 54.8 Å². The highest BCUT2D eigenvalue weighted by atomic mass is 32.2. The molecule has 3 aromatic rings. The minimum atomic E-state index is -3.81. The Labute approximate surface area is 174 Å². The minimum absolute atomic E-state index is 0.0572. The van der Waals surface area contributed by atoms with E-state index in [1.807, 2.05) is 17.5 Å². The molecule has 0 spiro atoms. The first-order valence-electron chi connectivity index (χ1n) is 8.95. The second kappa shape index (κ2) is 9.11. The predicted molar refractivity (Wildman–Crippen MR) is 115 cm³/mol. The molecule has 1 aromatic heterocycles. The molecule has 6 nitrogen and oxygen atoms in total. The van der Waals surface area contributed by atoms with Crippen LogP contribution in [-0.4, -0.2) is 35.0 Å². The summed E-state index contributed by atoms with van der Waals surface area (Å²) in [5, 5.41) is 4.83. The van der Waals surface area contributed by atoms with E-state index >= 15 is 0 Å². The van der Waals surface area contributed by atoms with Crippen LogP contribution in [0.15, 0.2) is 70.9 Å². The lowest BCUT2D eigenvalue weighted by Gasteiger charge is -2.20. The van der Waals surface area contributed by atoms with Crippen molar-refractivity contribution in [1.82, 2.24) is 5.32 Å². The Hall–Kier alpha value is -2.84. The molecular weight excluding hydrogens is 408 g/mol. The Morgan fingerprint density at radius 1 is 1.10 bits per heavy atom. The van der Waals surface area contributed by atoms with Crippen molar-refractivity contribution in [3.8, 4) is 5.75 Å². The van der Waals surface area contributed by atoms with E-state index < -0.39 is 10.0 Å². The Morgan fingerprint density at radius 3 is 2.52 bits per heavy atom. The summed E-state index contributed by atoms with van der Waals surface area (Å²) in [7, 11) is -0.784. The van der Waals surface area contributed by atoms with Crippen molar-refractivity contribution in [3.05, 3.63) is 76.5 Å². The third-order valence-electron chi connectivity index (χ3n) is 4.43. The monoisotopic (exact) mass is 430 g/mol. The van der Waals surface area contributed by atoms with Gasteiger partial charge in [0.15, 0.2) is 0 Å². The molecule has 1 N–H and O–H groups in total. The minimum Gasteiger partial charge on any atom is -0.497 e. The van der Waals surface area contributed by atoms with E-state index in [9.17, 15) is 13.2 Å². The number of methoxy groups -OCH3 is 1. The summed E-state index contributed by atoms with van der Waals surface area (Å²) in [6, 6.07) is 16.8. The lowest BCUT2D eigenvalue weighted by Crippen LogP contribution is -2.28. The molecular formula is C21H22N2O4S2. The standard InChI is InChI=1S/C21H22N2O4S2/c1-23(17-8-10-18(27-2)11-9-17)29(25,26)20-7-3-5-16(15-20)21(24)22-13-12-19-6-4-14-28-19/h3-11,14-15H,12-13H2,1-2H3,(H,22,24).